The molecule has 0 atom stereocenters. The molecule has 1 rings (SSSR count). The fourth-order valence-electron chi connectivity index (χ4n) is 0.972. The van der Waals surface area contributed by atoms with Gasteiger partial charge in [-0.25, -0.2) is 4.79 Å². The predicted molar refractivity (Wildman–Crippen MR) is 62.4 cm³/mol. The predicted octanol–water partition coefficient (Wildman–Crippen LogP) is 3.40. The van der Waals surface area contributed by atoms with Crippen molar-refractivity contribution in [2.75, 3.05) is 6.61 Å². The molecule has 0 fully saturated rings. The lowest BCUT2D eigenvalue weighted by Crippen LogP contribution is -1.98. The van der Waals surface area contributed by atoms with E-state index in [1.807, 2.05) is 13.0 Å². The Balaban J connectivity index is 2.68. The van der Waals surface area contributed by atoms with E-state index in [2.05, 4.69) is 15.9 Å². The first-order valence-electron chi connectivity index (χ1n) is 4.24. The molecule has 14 heavy (non-hydrogen) atoms. The lowest BCUT2D eigenvalue weighted by molar-refractivity contribution is -0.137. The number of rotatable bonds is 3. The third-order valence-electron chi connectivity index (χ3n) is 1.61. The molecule has 1 aromatic rings. The fourth-order valence-corrected chi connectivity index (χ4v) is 2.67. The molecule has 0 aliphatic heterocycles. The molecule has 0 aromatic carbocycles. The molecular weight excluding hydrogens is 264 g/mol. The summed E-state index contributed by atoms with van der Waals surface area (Å²) in [7, 11) is 0. The summed E-state index contributed by atoms with van der Waals surface area (Å²) in [5, 5.41) is 0. The van der Waals surface area contributed by atoms with E-state index in [9.17, 15) is 4.79 Å². The molecule has 0 N–H and O–H groups in total. The van der Waals surface area contributed by atoms with Gasteiger partial charge < -0.3 is 4.74 Å². The Bertz CT molecular complexity index is 355. The van der Waals surface area contributed by atoms with E-state index in [1.54, 1.807) is 24.3 Å². The van der Waals surface area contributed by atoms with Crippen LogP contribution in [-0.2, 0) is 9.53 Å². The Morgan fingerprint density at radius 3 is 2.93 bits per heavy atom. The zero-order valence-corrected chi connectivity index (χ0v) is 10.4. The molecule has 2 nitrogen and oxygen atoms in total. The van der Waals surface area contributed by atoms with Gasteiger partial charge in [-0.1, -0.05) is 0 Å². The van der Waals surface area contributed by atoms with Crippen molar-refractivity contribution in [2.45, 2.75) is 13.8 Å². The Kier molecular flexibility index (Phi) is 4.35. The number of hydrogen-bond acceptors (Lipinski definition) is 3. The number of carbonyl (C=O) groups excluding carboxylic acids is 1. The molecule has 0 bridgehead atoms. The van der Waals surface area contributed by atoms with Crippen LogP contribution in [0.2, 0.25) is 0 Å². The van der Waals surface area contributed by atoms with Crippen molar-refractivity contribution in [3.8, 4) is 0 Å². The van der Waals surface area contributed by atoms with Crippen LogP contribution in [-0.4, -0.2) is 12.6 Å². The lowest BCUT2D eigenvalue weighted by atomic mass is 10.2. The zero-order valence-electron chi connectivity index (χ0n) is 8.04. The van der Waals surface area contributed by atoms with Gasteiger partial charge in [0.2, 0.25) is 0 Å². The highest BCUT2D eigenvalue weighted by molar-refractivity contribution is 9.11. The first-order chi connectivity index (χ1) is 6.63. The van der Waals surface area contributed by atoms with E-state index in [0.717, 1.165) is 9.35 Å². The number of ether oxygens (including phenoxy) is 1. The summed E-state index contributed by atoms with van der Waals surface area (Å²) in [6.07, 6.45) is 3.22. The Morgan fingerprint density at radius 1 is 1.71 bits per heavy atom. The summed E-state index contributed by atoms with van der Waals surface area (Å²) in [5.74, 6) is -0.297. The van der Waals surface area contributed by atoms with E-state index < -0.39 is 0 Å². The number of thiophene rings is 1. The van der Waals surface area contributed by atoms with E-state index >= 15 is 0 Å². The third-order valence-corrected chi connectivity index (χ3v) is 3.18. The van der Waals surface area contributed by atoms with Gasteiger partial charge in [-0.05, 0) is 47.5 Å². The average molecular weight is 275 g/mol. The Labute approximate surface area is 95.7 Å². The minimum atomic E-state index is -0.297. The number of aryl methyl sites for hydroxylation is 1. The largest absolute Gasteiger partial charge is 0.463 e. The topological polar surface area (TPSA) is 26.3 Å². The Hall–Kier alpha value is -0.610. The maximum atomic E-state index is 11.0. The molecule has 0 saturated heterocycles. The van der Waals surface area contributed by atoms with E-state index in [-0.39, 0.29) is 5.97 Å². The van der Waals surface area contributed by atoms with Crippen molar-refractivity contribution in [2.24, 2.45) is 0 Å². The van der Waals surface area contributed by atoms with Gasteiger partial charge >= 0.3 is 5.97 Å². The standard InChI is InChI=1S/C10H11BrO2S/c1-3-13-10(12)5-4-8-6-9(11)14-7(8)2/h4-6H,3H2,1-2H3/b5-4+. The second-order valence-corrected chi connectivity index (χ2v) is 5.28. The maximum Gasteiger partial charge on any atom is 0.330 e. The second-order valence-electron chi connectivity index (χ2n) is 2.65. The third kappa shape index (κ3) is 3.27. The molecule has 0 unspecified atom stereocenters. The smallest absolute Gasteiger partial charge is 0.330 e. The summed E-state index contributed by atoms with van der Waals surface area (Å²) in [5.41, 5.74) is 1.05. The second kappa shape index (κ2) is 5.32. The maximum absolute atomic E-state index is 11.0. The van der Waals surface area contributed by atoms with Crippen LogP contribution in [0.25, 0.3) is 6.08 Å². The van der Waals surface area contributed by atoms with Crippen LogP contribution < -0.4 is 0 Å². The van der Waals surface area contributed by atoms with E-state index in [1.165, 1.54) is 11.0 Å². The van der Waals surface area contributed by atoms with Gasteiger partial charge in [0.05, 0.1) is 10.4 Å². The molecule has 0 spiro atoms. The quantitative estimate of drug-likeness (QED) is 0.624. The van der Waals surface area contributed by atoms with Crippen LogP contribution in [0.3, 0.4) is 0 Å². The number of hydrogen-bond donors (Lipinski definition) is 0. The summed E-state index contributed by atoms with van der Waals surface area (Å²) in [6.45, 7) is 4.22. The molecule has 1 heterocycles. The summed E-state index contributed by atoms with van der Waals surface area (Å²) in [6, 6.07) is 1.98. The van der Waals surface area contributed by atoms with Crippen molar-refractivity contribution in [3.63, 3.8) is 0 Å². The number of halogens is 1. The summed E-state index contributed by atoms with van der Waals surface area (Å²) < 4.78 is 5.84. The monoisotopic (exact) mass is 274 g/mol. The molecule has 0 aliphatic rings. The zero-order chi connectivity index (χ0) is 10.6. The van der Waals surface area contributed by atoms with Crippen molar-refractivity contribution in [1.82, 2.24) is 0 Å². The van der Waals surface area contributed by atoms with Gasteiger partial charge in [-0.3, -0.25) is 0 Å². The molecule has 0 aliphatic carbocycles. The minimum Gasteiger partial charge on any atom is -0.463 e. The van der Waals surface area contributed by atoms with E-state index in [4.69, 9.17) is 4.74 Å². The first-order valence-corrected chi connectivity index (χ1v) is 5.85. The fraction of sp³-hybridized carbons (Fsp3) is 0.300. The summed E-state index contributed by atoms with van der Waals surface area (Å²) >= 11 is 5.04. The van der Waals surface area contributed by atoms with Gasteiger partial charge in [0.1, 0.15) is 0 Å². The first kappa shape index (κ1) is 11.5. The number of carbonyl (C=O) groups is 1. The van der Waals surface area contributed by atoms with Crippen LogP contribution in [0.1, 0.15) is 17.4 Å². The van der Waals surface area contributed by atoms with Crippen molar-refractivity contribution >= 4 is 39.3 Å². The van der Waals surface area contributed by atoms with Gasteiger partial charge in [-0.2, -0.15) is 0 Å². The minimum absolute atomic E-state index is 0.297. The molecule has 0 saturated carbocycles. The SMILES string of the molecule is CCOC(=O)/C=C/c1cc(Br)sc1C. The normalized spacial score (nSPS) is 10.8. The van der Waals surface area contributed by atoms with Crippen molar-refractivity contribution in [1.29, 1.82) is 0 Å². The van der Waals surface area contributed by atoms with Crippen LogP contribution in [0, 0.1) is 6.92 Å². The molecule has 0 radical (unpaired) electrons. The molecule has 0 amide bonds. The highest BCUT2D eigenvalue weighted by atomic mass is 79.9. The van der Waals surface area contributed by atoms with Crippen LogP contribution in [0.5, 0.6) is 0 Å². The van der Waals surface area contributed by atoms with Crippen molar-refractivity contribution in [3.05, 3.63) is 26.4 Å². The van der Waals surface area contributed by atoms with Gasteiger partial charge in [0, 0.05) is 11.0 Å². The van der Waals surface area contributed by atoms with Gasteiger partial charge in [0.15, 0.2) is 0 Å². The lowest BCUT2D eigenvalue weighted by Gasteiger charge is -1.94. The van der Waals surface area contributed by atoms with Gasteiger partial charge in [-0.15, -0.1) is 11.3 Å². The van der Waals surface area contributed by atoms with Crippen molar-refractivity contribution < 1.29 is 9.53 Å². The Morgan fingerprint density at radius 2 is 2.43 bits per heavy atom. The molecule has 1 aromatic heterocycles. The molecular formula is C10H11BrO2S. The molecule has 76 valence electrons. The highest BCUT2D eigenvalue weighted by Gasteiger charge is 2.01. The number of esters is 1. The van der Waals surface area contributed by atoms with E-state index in [0.29, 0.717) is 6.61 Å². The molecule has 4 heteroatoms. The van der Waals surface area contributed by atoms with Crippen LogP contribution in [0.4, 0.5) is 0 Å². The van der Waals surface area contributed by atoms with Crippen LogP contribution >= 0.6 is 27.3 Å². The van der Waals surface area contributed by atoms with Gasteiger partial charge in [0.25, 0.3) is 0 Å². The highest BCUT2D eigenvalue weighted by Crippen LogP contribution is 2.27. The average Bonchev–Trinajstić information content (AvgIpc) is 2.42. The van der Waals surface area contributed by atoms with Crippen LogP contribution in [0.15, 0.2) is 15.9 Å². The summed E-state index contributed by atoms with van der Waals surface area (Å²) in [4.78, 5) is 12.2.